The summed E-state index contributed by atoms with van der Waals surface area (Å²) in [6, 6.07) is 16.4. The number of thiocarbonyl (C=S) groups is 1. The van der Waals surface area contributed by atoms with Crippen LogP contribution >= 0.6 is 23.8 Å². The minimum Gasteiger partial charge on any atom is -0.351 e. The number of rotatable bonds is 3. The van der Waals surface area contributed by atoms with Crippen LogP contribution in [0.2, 0.25) is 5.02 Å². The van der Waals surface area contributed by atoms with Gasteiger partial charge in [-0.25, -0.2) is 0 Å². The van der Waals surface area contributed by atoms with Crippen LogP contribution in [0.25, 0.3) is 0 Å². The Bertz CT molecular complexity index is 803. The van der Waals surface area contributed by atoms with Gasteiger partial charge in [-0.15, -0.1) is 0 Å². The number of hydrogen-bond donors (Lipinski definition) is 3. The number of carbonyl (C=O) groups is 1. The summed E-state index contributed by atoms with van der Waals surface area (Å²) in [4.78, 5) is 12.8. The fourth-order valence-corrected chi connectivity index (χ4v) is 3.02. The Hall–Kier alpha value is -2.37. The Morgan fingerprint density at radius 3 is 2.46 bits per heavy atom. The van der Waals surface area contributed by atoms with Crippen LogP contribution in [0, 0.1) is 0 Å². The Kier molecular flexibility index (Phi) is 4.83. The van der Waals surface area contributed by atoms with Crippen LogP contribution in [0.3, 0.4) is 0 Å². The van der Waals surface area contributed by atoms with Gasteiger partial charge in [-0.1, -0.05) is 41.9 Å². The first kappa shape index (κ1) is 16.5. The monoisotopic (exact) mass is 357 g/mol. The van der Waals surface area contributed by atoms with Crippen LogP contribution in [-0.4, -0.2) is 11.0 Å². The van der Waals surface area contributed by atoms with Crippen molar-refractivity contribution in [3.05, 3.63) is 76.5 Å². The maximum Gasteiger partial charge on any atom is 0.255 e. The van der Waals surface area contributed by atoms with E-state index in [-0.39, 0.29) is 11.9 Å². The molecular formula is C18H16ClN3OS. The van der Waals surface area contributed by atoms with Gasteiger partial charge in [0.05, 0.1) is 11.6 Å². The van der Waals surface area contributed by atoms with E-state index in [1.165, 1.54) is 0 Å². The van der Waals surface area contributed by atoms with Gasteiger partial charge in [-0.05, 0) is 49.0 Å². The van der Waals surface area contributed by atoms with Gasteiger partial charge in [0.2, 0.25) is 0 Å². The molecule has 3 rings (SSSR count). The van der Waals surface area contributed by atoms with E-state index in [1.807, 2.05) is 49.4 Å². The molecule has 6 heteroatoms. The molecule has 3 N–H and O–H groups in total. The molecule has 0 saturated carbocycles. The Morgan fingerprint density at radius 1 is 1.12 bits per heavy atom. The van der Waals surface area contributed by atoms with Crippen molar-refractivity contribution in [1.82, 2.24) is 10.6 Å². The SMILES string of the molecule is CC1=C(C(=O)Nc2ccccc2)[C@H](c2ccc(Cl)cc2)NC(=S)N1. The Labute approximate surface area is 150 Å². The Morgan fingerprint density at radius 2 is 1.79 bits per heavy atom. The summed E-state index contributed by atoms with van der Waals surface area (Å²) >= 11 is 11.2. The van der Waals surface area contributed by atoms with Crippen molar-refractivity contribution < 1.29 is 4.79 Å². The zero-order valence-electron chi connectivity index (χ0n) is 13.0. The van der Waals surface area contributed by atoms with Crippen LogP contribution < -0.4 is 16.0 Å². The van der Waals surface area contributed by atoms with Gasteiger partial charge in [0.15, 0.2) is 5.11 Å². The lowest BCUT2D eigenvalue weighted by atomic mass is 9.95. The number of para-hydroxylation sites is 1. The van der Waals surface area contributed by atoms with Crippen LogP contribution in [0.1, 0.15) is 18.5 Å². The van der Waals surface area contributed by atoms with Crippen molar-refractivity contribution in [3.63, 3.8) is 0 Å². The van der Waals surface area contributed by atoms with E-state index < -0.39 is 0 Å². The smallest absolute Gasteiger partial charge is 0.255 e. The van der Waals surface area contributed by atoms with Crippen molar-refractivity contribution in [3.8, 4) is 0 Å². The van der Waals surface area contributed by atoms with Crippen LogP contribution in [0.15, 0.2) is 65.9 Å². The van der Waals surface area contributed by atoms with E-state index in [0.717, 1.165) is 16.9 Å². The number of carbonyl (C=O) groups excluding carboxylic acids is 1. The van der Waals surface area contributed by atoms with Gasteiger partial charge < -0.3 is 16.0 Å². The summed E-state index contributed by atoms with van der Waals surface area (Å²) in [7, 11) is 0. The average Bonchev–Trinajstić information content (AvgIpc) is 2.55. The van der Waals surface area contributed by atoms with Crippen molar-refractivity contribution in [2.24, 2.45) is 0 Å². The highest BCUT2D eigenvalue weighted by molar-refractivity contribution is 7.80. The maximum absolute atomic E-state index is 12.8. The van der Waals surface area contributed by atoms with E-state index in [1.54, 1.807) is 12.1 Å². The number of hydrogen-bond acceptors (Lipinski definition) is 2. The summed E-state index contributed by atoms with van der Waals surface area (Å²) in [5.41, 5.74) is 2.98. The molecule has 2 aromatic carbocycles. The summed E-state index contributed by atoms with van der Waals surface area (Å²) in [5, 5.41) is 10.2. The van der Waals surface area contributed by atoms with Gasteiger partial charge in [-0.2, -0.15) is 0 Å². The molecule has 4 nitrogen and oxygen atoms in total. The van der Waals surface area contributed by atoms with Gasteiger partial charge in [0, 0.05) is 16.4 Å². The fraction of sp³-hybridized carbons (Fsp3) is 0.111. The van der Waals surface area contributed by atoms with Gasteiger partial charge in [-0.3, -0.25) is 4.79 Å². The van der Waals surface area contributed by atoms with Crippen molar-refractivity contribution in [2.75, 3.05) is 5.32 Å². The molecule has 0 aliphatic carbocycles. The number of benzene rings is 2. The molecule has 0 saturated heterocycles. The number of nitrogens with one attached hydrogen (secondary N) is 3. The predicted octanol–water partition coefficient (Wildman–Crippen LogP) is 3.77. The third kappa shape index (κ3) is 3.58. The number of allylic oxidation sites excluding steroid dienone is 1. The second kappa shape index (κ2) is 7.03. The summed E-state index contributed by atoms with van der Waals surface area (Å²) < 4.78 is 0. The lowest BCUT2D eigenvalue weighted by Gasteiger charge is -2.30. The highest BCUT2D eigenvalue weighted by Crippen LogP contribution is 2.28. The molecule has 2 aromatic rings. The lowest BCUT2D eigenvalue weighted by molar-refractivity contribution is -0.113. The Balaban J connectivity index is 1.94. The molecule has 1 atom stereocenters. The number of anilines is 1. The standard InChI is InChI=1S/C18H16ClN3OS/c1-11-15(17(23)21-14-5-3-2-4-6-14)16(22-18(24)20-11)12-7-9-13(19)10-8-12/h2-10,16H,1H3,(H,21,23)(H2,20,22,24)/t16-/m0/s1. The zero-order valence-corrected chi connectivity index (χ0v) is 14.5. The molecule has 1 aliphatic rings. The molecule has 1 aliphatic heterocycles. The van der Waals surface area contributed by atoms with Gasteiger partial charge in [0.25, 0.3) is 5.91 Å². The van der Waals surface area contributed by atoms with Crippen LogP contribution in [-0.2, 0) is 4.79 Å². The topological polar surface area (TPSA) is 53.2 Å². The van der Waals surface area contributed by atoms with Gasteiger partial charge in [0.1, 0.15) is 0 Å². The minimum absolute atomic E-state index is 0.179. The second-order valence-corrected chi connectivity index (χ2v) is 6.29. The molecule has 24 heavy (non-hydrogen) atoms. The molecule has 0 radical (unpaired) electrons. The first-order chi connectivity index (χ1) is 11.5. The average molecular weight is 358 g/mol. The normalized spacial score (nSPS) is 17.1. The first-order valence-corrected chi connectivity index (χ1v) is 8.23. The number of halogens is 1. The maximum atomic E-state index is 12.8. The number of amides is 1. The fourth-order valence-electron chi connectivity index (χ4n) is 2.62. The quantitative estimate of drug-likeness (QED) is 0.732. The zero-order chi connectivity index (χ0) is 17.1. The van der Waals surface area contributed by atoms with Gasteiger partial charge >= 0.3 is 0 Å². The third-order valence-corrected chi connectivity index (χ3v) is 4.22. The molecule has 0 aromatic heterocycles. The van der Waals surface area contributed by atoms with E-state index in [9.17, 15) is 4.79 Å². The van der Waals surface area contributed by atoms with E-state index in [4.69, 9.17) is 23.8 Å². The molecule has 0 fully saturated rings. The summed E-state index contributed by atoms with van der Waals surface area (Å²) in [5.74, 6) is -0.179. The lowest BCUT2D eigenvalue weighted by Crippen LogP contribution is -2.45. The van der Waals surface area contributed by atoms with E-state index >= 15 is 0 Å². The minimum atomic E-state index is -0.334. The van der Waals surface area contributed by atoms with Crippen LogP contribution in [0.4, 0.5) is 5.69 Å². The van der Waals surface area contributed by atoms with Crippen molar-refractivity contribution in [2.45, 2.75) is 13.0 Å². The molecule has 1 heterocycles. The first-order valence-electron chi connectivity index (χ1n) is 7.45. The highest BCUT2D eigenvalue weighted by atomic mass is 35.5. The largest absolute Gasteiger partial charge is 0.351 e. The summed E-state index contributed by atoms with van der Waals surface area (Å²) in [6.45, 7) is 1.84. The molecule has 1 amide bonds. The molecule has 0 bridgehead atoms. The van der Waals surface area contributed by atoms with Crippen molar-refractivity contribution in [1.29, 1.82) is 0 Å². The van der Waals surface area contributed by atoms with E-state index in [0.29, 0.717) is 15.7 Å². The third-order valence-electron chi connectivity index (χ3n) is 3.75. The molecule has 122 valence electrons. The van der Waals surface area contributed by atoms with E-state index in [2.05, 4.69) is 16.0 Å². The highest BCUT2D eigenvalue weighted by Gasteiger charge is 2.29. The molecular weight excluding hydrogens is 342 g/mol. The molecule has 0 unspecified atom stereocenters. The second-order valence-electron chi connectivity index (χ2n) is 5.44. The van der Waals surface area contributed by atoms with Crippen molar-refractivity contribution >= 4 is 40.5 Å². The predicted molar refractivity (Wildman–Crippen MR) is 101 cm³/mol. The summed E-state index contributed by atoms with van der Waals surface area (Å²) in [6.07, 6.45) is 0. The van der Waals surface area contributed by atoms with Crippen LogP contribution in [0.5, 0.6) is 0 Å². The molecule has 0 spiro atoms.